The molecule has 3 rings (SSSR count). The number of halogens is 3. The average Bonchev–Trinajstić information content (AvgIpc) is 2.47. The molecule has 0 bridgehead atoms. The van der Waals surface area contributed by atoms with Crippen LogP contribution in [0.1, 0.15) is 18.0 Å². The van der Waals surface area contributed by atoms with Crippen molar-refractivity contribution in [3.05, 3.63) is 58.6 Å². The third kappa shape index (κ3) is 3.38. The van der Waals surface area contributed by atoms with Gasteiger partial charge in [-0.3, -0.25) is 0 Å². The SMILES string of the molecule is O=S(=O)(N[C@H]1CCSc2c(F)cccc21)c1ccc(Cl)cc1F. The van der Waals surface area contributed by atoms with E-state index in [9.17, 15) is 17.2 Å². The summed E-state index contributed by atoms with van der Waals surface area (Å²) in [5.41, 5.74) is 0.569. The van der Waals surface area contributed by atoms with Gasteiger partial charge in [0.15, 0.2) is 0 Å². The van der Waals surface area contributed by atoms with Crippen LogP contribution in [0.25, 0.3) is 0 Å². The summed E-state index contributed by atoms with van der Waals surface area (Å²) in [6, 6.07) is 7.32. The van der Waals surface area contributed by atoms with Crippen molar-refractivity contribution in [1.29, 1.82) is 0 Å². The van der Waals surface area contributed by atoms with Gasteiger partial charge in [-0.1, -0.05) is 23.7 Å². The van der Waals surface area contributed by atoms with Gasteiger partial charge in [-0.2, -0.15) is 0 Å². The van der Waals surface area contributed by atoms with Crippen molar-refractivity contribution in [3.63, 3.8) is 0 Å². The number of thioether (sulfide) groups is 1. The predicted molar refractivity (Wildman–Crippen MR) is 86.2 cm³/mol. The summed E-state index contributed by atoms with van der Waals surface area (Å²) < 4.78 is 55.1. The van der Waals surface area contributed by atoms with Gasteiger partial charge in [-0.05, 0) is 42.0 Å². The maximum Gasteiger partial charge on any atom is 0.244 e. The van der Waals surface area contributed by atoms with Crippen LogP contribution in [0.5, 0.6) is 0 Å². The van der Waals surface area contributed by atoms with Crippen LogP contribution in [-0.4, -0.2) is 14.2 Å². The van der Waals surface area contributed by atoms with Gasteiger partial charge in [0, 0.05) is 16.0 Å². The molecule has 1 atom stereocenters. The van der Waals surface area contributed by atoms with Crippen LogP contribution in [0.4, 0.5) is 8.78 Å². The van der Waals surface area contributed by atoms with Crippen LogP contribution in [-0.2, 0) is 10.0 Å². The fourth-order valence-electron chi connectivity index (χ4n) is 2.45. The van der Waals surface area contributed by atoms with E-state index in [4.69, 9.17) is 11.6 Å². The first kappa shape index (κ1) is 16.7. The maximum atomic E-state index is 13.9. The zero-order valence-corrected chi connectivity index (χ0v) is 14.1. The van der Waals surface area contributed by atoms with Gasteiger partial charge >= 0.3 is 0 Å². The molecule has 0 fully saturated rings. The van der Waals surface area contributed by atoms with E-state index in [1.165, 1.54) is 30.0 Å². The van der Waals surface area contributed by atoms with E-state index in [2.05, 4.69) is 4.72 Å². The Kier molecular flexibility index (Phi) is 4.64. The van der Waals surface area contributed by atoms with Crippen LogP contribution in [0.3, 0.4) is 0 Å². The van der Waals surface area contributed by atoms with Crippen LogP contribution >= 0.6 is 23.4 Å². The van der Waals surface area contributed by atoms with Gasteiger partial charge in [-0.25, -0.2) is 21.9 Å². The topological polar surface area (TPSA) is 46.2 Å². The molecule has 2 aromatic carbocycles. The van der Waals surface area contributed by atoms with Crippen LogP contribution in [0.15, 0.2) is 46.2 Å². The monoisotopic (exact) mass is 375 g/mol. The normalized spacial score (nSPS) is 17.8. The smallest absolute Gasteiger partial charge is 0.207 e. The van der Waals surface area contributed by atoms with E-state index in [-0.39, 0.29) is 10.8 Å². The van der Waals surface area contributed by atoms with Gasteiger partial charge in [0.2, 0.25) is 10.0 Å². The third-order valence-electron chi connectivity index (χ3n) is 3.51. The first-order chi connectivity index (χ1) is 10.9. The Bertz CT molecular complexity index is 859. The van der Waals surface area contributed by atoms with E-state index in [0.717, 1.165) is 12.1 Å². The summed E-state index contributed by atoms with van der Waals surface area (Å²) in [6.45, 7) is 0. The summed E-state index contributed by atoms with van der Waals surface area (Å²) in [7, 11) is -4.08. The molecular weight excluding hydrogens is 364 g/mol. The number of fused-ring (bicyclic) bond motifs is 1. The highest BCUT2D eigenvalue weighted by Crippen LogP contribution is 2.38. The second kappa shape index (κ2) is 6.39. The number of hydrogen-bond donors (Lipinski definition) is 1. The molecule has 122 valence electrons. The second-order valence-corrected chi connectivity index (χ2v) is 8.27. The van der Waals surface area contributed by atoms with E-state index in [0.29, 0.717) is 22.6 Å². The number of rotatable bonds is 3. The summed E-state index contributed by atoms with van der Waals surface area (Å²) in [5.74, 6) is -0.728. The van der Waals surface area contributed by atoms with Crippen LogP contribution < -0.4 is 4.72 Å². The zero-order valence-electron chi connectivity index (χ0n) is 11.7. The van der Waals surface area contributed by atoms with Gasteiger partial charge in [-0.15, -0.1) is 11.8 Å². The lowest BCUT2D eigenvalue weighted by Crippen LogP contribution is -2.31. The first-order valence-electron chi connectivity index (χ1n) is 6.77. The summed E-state index contributed by atoms with van der Waals surface area (Å²) in [6.07, 6.45) is 0.496. The lowest BCUT2D eigenvalue weighted by molar-refractivity contribution is 0.524. The van der Waals surface area contributed by atoms with Crippen LogP contribution in [0.2, 0.25) is 5.02 Å². The van der Waals surface area contributed by atoms with E-state index in [1.54, 1.807) is 6.07 Å². The van der Waals surface area contributed by atoms with E-state index in [1.807, 2.05) is 0 Å². The predicted octanol–water partition coefficient (Wildman–Crippen LogP) is 4.13. The van der Waals surface area contributed by atoms with Crippen LogP contribution in [0, 0.1) is 11.6 Å². The highest BCUT2D eigenvalue weighted by Gasteiger charge is 2.29. The van der Waals surface area contributed by atoms with Crippen molar-refractivity contribution in [3.8, 4) is 0 Å². The largest absolute Gasteiger partial charge is 0.244 e. The standard InChI is InChI=1S/C15H12ClF2NO2S2/c16-9-4-5-14(12(18)8-9)23(20,21)19-13-6-7-22-15-10(13)2-1-3-11(15)17/h1-5,8,13,19H,6-7H2/t13-/m0/s1. The summed E-state index contributed by atoms with van der Waals surface area (Å²) >= 11 is 6.99. The Balaban J connectivity index is 1.95. The lowest BCUT2D eigenvalue weighted by Gasteiger charge is -2.26. The second-order valence-electron chi connectivity index (χ2n) is 5.04. The van der Waals surface area contributed by atoms with Crippen molar-refractivity contribution in [1.82, 2.24) is 4.72 Å². The van der Waals surface area contributed by atoms with Crippen molar-refractivity contribution >= 4 is 33.4 Å². The Labute approximate surface area is 142 Å². The number of benzene rings is 2. The number of hydrogen-bond acceptors (Lipinski definition) is 3. The Hall–Kier alpha value is -1.15. The highest BCUT2D eigenvalue weighted by molar-refractivity contribution is 7.99. The molecule has 0 saturated carbocycles. The van der Waals surface area contributed by atoms with Gasteiger partial charge in [0.1, 0.15) is 16.5 Å². The maximum absolute atomic E-state index is 13.9. The minimum absolute atomic E-state index is 0.114. The molecule has 1 heterocycles. The molecule has 0 aromatic heterocycles. The molecule has 0 saturated heterocycles. The molecule has 23 heavy (non-hydrogen) atoms. The Morgan fingerprint density at radius 3 is 2.70 bits per heavy atom. The first-order valence-corrected chi connectivity index (χ1v) is 9.62. The fraction of sp³-hybridized carbons (Fsp3) is 0.200. The molecule has 1 aliphatic heterocycles. The molecular formula is C15H12ClF2NO2S2. The molecule has 0 aliphatic carbocycles. The number of nitrogens with one attached hydrogen (secondary N) is 1. The number of sulfonamides is 1. The van der Waals surface area contributed by atoms with Gasteiger partial charge in [0.05, 0.1) is 0 Å². The van der Waals surface area contributed by atoms with E-state index >= 15 is 0 Å². The Morgan fingerprint density at radius 1 is 1.17 bits per heavy atom. The molecule has 8 heteroatoms. The highest BCUT2D eigenvalue weighted by atomic mass is 35.5. The molecule has 0 spiro atoms. The van der Waals surface area contributed by atoms with E-state index < -0.39 is 26.8 Å². The minimum Gasteiger partial charge on any atom is -0.207 e. The zero-order chi connectivity index (χ0) is 16.6. The summed E-state index contributed by atoms with van der Waals surface area (Å²) in [5, 5.41) is 0.114. The van der Waals surface area contributed by atoms with Crippen molar-refractivity contribution in [2.24, 2.45) is 0 Å². The summed E-state index contributed by atoms with van der Waals surface area (Å²) in [4.78, 5) is -0.0406. The van der Waals surface area contributed by atoms with Gasteiger partial charge < -0.3 is 0 Å². The molecule has 2 aromatic rings. The molecule has 1 N–H and O–H groups in total. The van der Waals surface area contributed by atoms with Gasteiger partial charge in [0.25, 0.3) is 0 Å². The Morgan fingerprint density at radius 2 is 1.96 bits per heavy atom. The van der Waals surface area contributed by atoms with Crippen molar-refractivity contribution in [2.45, 2.75) is 22.3 Å². The van der Waals surface area contributed by atoms with Crippen molar-refractivity contribution in [2.75, 3.05) is 5.75 Å². The quantitative estimate of drug-likeness (QED) is 0.877. The molecule has 0 unspecified atom stereocenters. The van der Waals surface area contributed by atoms with Crippen molar-refractivity contribution < 1.29 is 17.2 Å². The fourth-order valence-corrected chi connectivity index (χ4v) is 5.06. The molecule has 3 nitrogen and oxygen atoms in total. The molecule has 0 radical (unpaired) electrons. The third-order valence-corrected chi connectivity index (χ3v) is 6.41. The molecule has 0 amide bonds. The lowest BCUT2D eigenvalue weighted by atomic mass is 10.0. The molecule has 1 aliphatic rings. The average molecular weight is 376 g/mol. The minimum atomic E-state index is -4.08.